The number of nitrogens with zero attached hydrogens (tertiary/aromatic N) is 1. The van der Waals surface area contributed by atoms with Crippen LogP contribution in [0.4, 0.5) is 0 Å². The molecule has 2 nitrogen and oxygen atoms in total. The molecular formula is C16H23NO. The van der Waals surface area contributed by atoms with Gasteiger partial charge in [0.2, 0.25) is 0 Å². The summed E-state index contributed by atoms with van der Waals surface area (Å²) in [4.78, 5) is 2.61. The number of piperidine rings is 1. The van der Waals surface area contributed by atoms with E-state index in [2.05, 4.69) is 30.1 Å². The van der Waals surface area contributed by atoms with Crippen LogP contribution in [-0.2, 0) is 12.8 Å². The topological polar surface area (TPSA) is 12.5 Å². The van der Waals surface area contributed by atoms with Crippen molar-refractivity contribution < 1.29 is 4.74 Å². The third-order valence-corrected chi connectivity index (χ3v) is 4.99. The first kappa shape index (κ1) is 12.0. The Morgan fingerprint density at radius 1 is 1.17 bits per heavy atom. The number of likely N-dealkylation sites (tertiary alicyclic amines) is 1. The van der Waals surface area contributed by atoms with Crippen molar-refractivity contribution in [2.75, 3.05) is 20.7 Å². The van der Waals surface area contributed by atoms with E-state index in [9.17, 15) is 0 Å². The van der Waals surface area contributed by atoms with E-state index in [1.165, 1.54) is 56.2 Å². The van der Waals surface area contributed by atoms with Crippen LogP contribution in [0, 0.1) is 0 Å². The minimum atomic E-state index is 0.444. The van der Waals surface area contributed by atoms with Gasteiger partial charge in [-0.15, -0.1) is 0 Å². The maximum atomic E-state index is 5.33. The number of fused-ring (bicyclic) bond motifs is 1. The molecular weight excluding hydrogens is 222 g/mol. The van der Waals surface area contributed by atoms with Crippen LogP contribution in [0.15, 0.2) is 18.2 Å². The van der Waals surface area contributed by atoms with Gasteiger partial charge in [0.15, 0.2) is 0 Å². The van der Waals surface area contributed by atoms with Gasteiger partial charge in [-0.1, -0.05) is 12.5 Å². The summed E-state index contributed by atoms with van der Waals surface area (Å²) < 4.78 is 5.33. The molecule has 1 heterocycles. The fourth-order valence-corrected chi connectivity index (χ4v) is 3.71. The van der Waals surface area contributed by atoms with Crippen molar-refractivity contribution in [2.24, 2.45) is 0 Å². The Bertz CT molecular complexity index is 443. The van der Waals surface area contributed by atoms with Crippen molar-refractivity contribution in [1.82, 2.24) is 4.90 Å². The highest BCUT2D eigenvalue weighted by Gasteiger charge is 2.39. The third kappa shape index (κ3) is 1.93. The number of hydrogen-bond acceptors (Lipinski definition) is 2. The van der Waals surface area contributed by atoms with Gasteiger partial charge in [-0.2, -0.15) is 0 Å². The second-order valence-electron chi connectivity index (χ2n) is 5.91. The predicted molar refractivity (Wildman–Crippen MR) is 74.2 cm³/mol. The zero-order valence-electron chi connectivity index (χ0n) is 11.5. The summed E-state index contributed by atoms with van der Waals surface area (Å²) in [5.41, 5.74) is 3.48. The molecule has 1 fully saturated rings. The lowest BCUT2D eigenvalue weighted by atomic mass is 9.72. The number of methoxy groups -OCH3 is 1. The summed E-state index contributed by atoms with van der Waals surface area (Å²) in [6, 6.07) is 6.61. The first-order valence-corrected chi connectivity index (χ1v) is 7.11. The lowest BCUT2D eigenvalue weighted by Gasteiger charge is -2.48. The molecule has 1 aromatic carbocycles. The van der Waals surface area contributed by atoms with E-state index in [1.54, 1.807) is 7.11 Å². The quantitative estimate of drug-likeness (QED) is 0.754. The maximum absolute atomic E-state index is 5.33. The molecule has 0 amide bonds. The number of likely N-dealkylation sites (N-methyl/N-ethyl adjacent to an activating group) is 1. The minimum absolute atomic E-state index is 0.444. The number of rotatable bonds is 1. The summed E-state index contributed by atoms with van der Waals surface area (Å²) in [7, 11) is 4.06. The first-order chi connectivity index (χ1) is 8.73. The van der Waals surface area contributed by atoms with E-state index in [4.69, 9.17) is 4.74 Å². The van der Waals surface area contributed by atoms with Crippen molar-refractivity contribution in [3.05, 3.63) is 29.3 Å². The molecule has 0 saturated carbocycles. The Hall–Kier alpha value is -1.02. The standard InChI is InChI=1S/C16H23NO/c1-17-10-4-3-8-16(17)9-7-13-11-15(18-2)6-5-14(13)12-16/h5-6,11H,3-4,7-10,12H2,1-2H3. The van der Waals surface area contributed by atoms with Gasteiger partial charge < -0.3 is 9.64 Å². The molecule has 1 aromatic rings. The second kappa shape index (κ2) is 4.58. The van der Waals surface area contributed by atoms with E-state index in [-0.39, 0.29) is 0 Å². The largest absolute Gasteiger partial charge is 0.497 e. The van der Waals surface area contributed by atoms with Crippen molar-refractivity contribution >= 4 is 0 Å². The van der Waals surface area contributed by atoms with E-state index >= 15 is 0 Å². The molecule has 1 saturated heterocycles. The molecule has 1 unspecified atom stereocenters. The van der Waals surface area contributed by atoms with Crippen LogP contribution >= 0.6 is 0 Å². The Morgan fingerprint density at radius 3 is 2.83 bits per heavy atom. The Morgan fingerprint density at radius 2 is 2.06 bits per heavy atom. The van der Waals surface area contributed by atoms with E-state index < -0.39 is 0 Å². The average molecular weight is 245 g/mol. The van der Waals surface area contributed by atoms with Crippen LogP contribution < -0.4 is 4.74 Å². The van der Waals surface area contributed by atoms with Gasteiger partial charge >= 0.3 is 0 Å². The fraction of sp³-hybridized carbons (Fsp3) is 0.625. The SMILES string of the molecule is COc1ccc2c(c1)CCC1(CCCCN1C)C2. The number of aryl methyl sites for hydroxylation is 1. The smallest absolute Gasteiger partial charge is 0.119 e. The van der Waals surface area contributed by atoms with Crippen LogP contribution in [-0.4, -0.2) is 31.1 Å². The van der Waals surface area contributed by atoms with Gasteiger partial charge in [0.1, 0.15) is 5.75 Å². The molecule has 3 rings (SSSR count). The van der Waals surface area contributed by atoms with Gasteiger partial charge in [0.05, 0.1) is 7.11 Å². The van der Waals surface area contributed by atoms with Gasteiger partial charge in [-0.05, 0) is 69.0 Å². The third-order valence-electron chi connectivity index (χ3n) is 4.99. The molecule has 1 aliphatic heterocycles. The molecule has 0 radical (unpaired) electrons. The van der Waals surface area contributed by atoms with E-state index in [1.807, 2.05) is 0 Å². The van der Waals surface area contributed by atoms with E-state index in [0.717, 1.165) is 5.75 Å². The first-order valence-electron chi connectivity index (χ1n) is 7.11. The van der Waals surface area contributed by atoms with Crippen molar-refractivity contribution in [3.63, 3.8) is 0 Å². The molecule has 18 heavy (non-hydrogen) atoms. The fourth-order valence-electron chi connectivity index (χ4n) is 3.71. The number of hydrogen-bond donors (Lipinski definition) is 0. The molecule has 2 aliphatic rings. The zero-order valence-corrected chi connectivity index (χ0v) is 11.5. The predicted octanol–water partition coefficient (Wildman–Crippen LogP) is 3.04. The molecule has 0 aromatic heterocycles. The van der Waals surface area contributed by atoms with E-state index in [0.29, 0.717) is 5.54 Å². The van der Waals surface area contributed by atoms with Crippen LogP contribution in [0.25, 0.3) is 0 Å². The van der Waals surface area contributed by atoms with Gasteiger partial charge in [0, 0.05) is 5.54 Å². The summed E-state index contributed by atoms with van der Waals surface area (Å²) >= 11 is 0. The summed E-state index contributed by atoms with van der Waals surface area (Å²) in [6.45, 7) is 1.27. The van der Waals surface area contributed by atoms with Crippen LogP contribution in [0.1, 0.15) is 36.8 Å². The van der Waals surface area contributed by atoms with Crippen LogP contribution in [0.5, 0.6) is 5.75 Å². The van der Waals surface area contributed by atoms with Crippen molar-refractivity contribution in [2.45, 2.75) is 44.1 Å². The number of ether oxygens (including phenoxy) is 1. The zero-order chi connectivity index (χ0) is 12.6. The van der Waals surface area contributed by atoms with Crippen molar-refractivity contribution in [3.8, 4) is 5.75 Å². The van der Waals surface area contributed by atoms with Crippen LogP contribution in [0.2, 0.25) is 0 Å². The highest BCUT2D eigenvalue weighted by Crippen LogP contribution is 2.39. The molecule has 0 bridgehead atoms. The van der Waals surface area contributed by atoms with Gasteiger partial charge in [-0.3, -0.25) is 0 Å². The highest BCUT2D eigenvalue weighted by molar-refractivity contribution is 5.39. The Balaban J connectivity index is 1.88. The lowest BCUT2D eigenvalue weighted by molar-refractivity contribution is 0.0593. The summed E-state index contributed by atoms with van der Waals surface area (Å²) in [5, 5.41) is 0. The lowest BCUT2D eigenvalue weighted by Crippen LogP contribution is -2.53. The molecule has 1 aliphatic carbocycles. The molecule has 0 N–H and O–H groups in total. The Labute approximate surface area is 110 Å². The number of benzene rings is 1. The van der Waals surface area contributed by atoms with Crippen molar-refractivity contribution in [1.29, 1.82) is 0 Å². The average Bonchev–Trinajstić information content (AvgIpc) is 2.42. The van der Waals surface area contributed by atoms with Gasteiger partial charge in [-0.25, -0.2) is 0 Å². The molecule has 98 valence electrons. The molecule has 1 atom stereocenters. The monoisotopic (exact) mass is 245 g/mol. The minimum Gasteiger partial charge on any atom is -0.497 e. The Kier molecular flexibility index (Phi) is 3.06. The summed E-state index contributed by atoms with van der Waals surface area (Å²) in [5.74, 6) is 1.00. The highest BCUT2D eigenvalue weighted by atomic mass is 16.5. The normalized spacial score (nSPS) is 28.1. The maximum Gasteiger partial charge on any atom is 0.119 e. The molecule has 1 spiro atoms. The summed E-state index contributed by atoms with van der Waals surface area (Å²) in [6.07, 6.45) is 7.88. The van der Waals surface area contributed by atoms with Crippen LogP contribution in [0.3, 0.4) is 0 Å². The molecule has 2 heteroatoms. The second-order valence-corrected chi connectivity index (χ2v) is 5.91. The van der Waals surface area contributed by atoms with Gasteiger partial charge in [0.25, 0.3) is 0 Å².